The predicted octanol–water partition coefficient (Wildman–Crippen LogP) is 4.89. The number of hydrogen-bond acceptors (Lipinski definition) is 2. The van der Waals surface area contributed by atoms with E-state index in [1.165, 1.54) is 43.4 Å². The molecule has 1 aliphatic rings. The molecule has 1 saturated carbocycles. The average Bonchev–Trinajstić information content (AvgIpc) is 2.73. The second kappa shape index (κ2) is 6.40. The number of thiophene rings is 1. The van der Waals surface area contributed by atoms with Crippen molar-refractivity contribution in [1.29, 1.82) is 0 Å². The van der Waals surface area contributed by atoms with Gasteiger partial charge in [0.25, 0.3) is 0 Å². The van der Waals surface area contributed by atoms with Crippen molar-refractivity contribution in [2.75, 3.05) is 6.54 Å². The van der Waals surface area contributed by atoms with Gasteiger partial charge in [0.2, 0.25) is 0 Å². The molecule has 1 heterocycles. The lowest BCUT2D eigenvalue weighted by Gasteiger charge is -2.38. The van der Waals surface area contributed by atoms with Crippen LogP contribution in [0.3, 0.4) is 0 Å². The van der Waals surface area contributed by atoms with E-state index in [0.717, 1.165) is 10.9 Å². The van der Waals surface area contributed by atoms with Gasteiger partial charge in [0, 0.05) is 17.5 Å². The molecule has 0 saturated heterocycles. The molecule has 0 aromatic carbocycles. The SMILES string of the molecule is CC(C)NCC1(Cc2ccc(Cl)s2)CCCCC1. The van der Waals surface area contributed by atoms with Gasteiger partial charge in [-0.1, -0.05) is 44.7 Å². The molecule has 0 aliphatic heterocycles. The van der Waals surface area contributed by atoms with Crippen molar-refractivity contribution < 1.29 is 0 Å². The first kappa shape index (κ1) is 14.4. The number of hydrogen-bond donors (Lipinski definition) is 1. The van der Waals surface area contributed by atoms with Gasteiger partial charge in [-0.25, -0.2) is 0 Å². The highest BCUT2D eigenvalue weighted by Gasteiger charge is 2.32. The Labute approximate surface area is 120 Å². The summed E-state index contributed by atoms with van der Waals surface area (Å²) < 4.78 is 0.924. The van der Waals surface area contributed by atoms with Gasteiger partial charge >= 0.3 is 0 Å². The van der Waals surface area contributed by atoms with Crippen molar-refractivity contribution >= 4 is 22.9 Å². The maximum atomic E-state index is 6.05. The Kier molecular flexibility index (Phi) is 5.11. The van der Waals surface area contributed by atoms with Crippen LogP contribution >= 0.6 is 22.9 Å². The van der Waals surface area contributed by atoms with Crippen LogP contribution in [-0.4, -0.2) is 12.6 Å². The first-order chi connectivity index (χ1) is 8.60. The third-order valence-electron chi connectivity index (χ3n) is 3.98. The zero-order valence-corrected chi connectivity index (χ0v) is 13.0. The topological polar surface area (TPSA) is 12.0 Å². The minimum atomic E-state index is 0.469. The Hall–Kier alpha value is -0.0500. The quantitative estimate of drug-likeness (QED) is 0.812. The van der Waals surface area contributed by atoms with Crippen molar-refractivity contribution in [2.24, 2.45) is 5.41 Å². The molecule has 0 unspecified atom stereocenters. The lowest BCUT2D eigenvalue weighted by Crippen LogP contribution is -2.40. The van der Waals surface area contributed by atoms with Gasteiger partial charge in [-0.15, -0.1) is 11.3 Å². The van der Waals surface area contributed by atoms with Gasteiger partial charge < -0.3 is 5.32 Å². The Morgan fingerprint density at radius 1 is 1.28 bits per heavy atom. The molecule has 3 heteroatoms. The van der Waals surface area contributed by atoms with Crippen LogP contribution in [0.5, 0.6) is 0 Å². The van der Waals surface area contributed by atoms with Crippen molar-refractivity contribution in [2.45, 2.75) is 58.4 Å². The molecule has 0 radical (unpaired) electrons. The van der Waals surface area contributed by atoms with E-state index < -0.39 is 0 Å². The van der Waals surface area contributed by atoms with Gasteiger partial charge in [0.15, 0.2) is 0 Å². The van der Waals surface area contributed by atoms with Gasteiger partial charge in [0.05, 0.1) is 4.34 Å². The second-order valence-electron chi connectivity index (χ2n) is 5.98. The van der Waals surface area contributed by atoms with Crippen LogP contribution < -0.4 is 5.32 Å². The Balaban J connectivity index is 2.03. The molecule has 1 aromatic heterocycles. The van der Waals surface area contributed by atoms with Crippen LogP contribution in [0.15, 0.2) is 12.1 Å². The lowest BCUT2D eigenvalue weighted by atomic mass is 9.71. The van der Waals surface area contributed by atoms with E-state index >= 15 is 0 Å². The van der Waals surface area contributed by atoms with Crippen molar-refractivity contribution in [3.05, 3.63) is 21.3 Å². The van der Waals surface area contributed by atoms with Crippen LogP contribution in [0.1, 0.15) is 50.8 Å². The molecular weight excluding hydrogens is 262 g/mol. The standard InChI is InChI=1S/C15H24ClNS/c1-12(2)17-11-15(8-4-3-5-9-15)10-13-6-7-14(16)18-13/h6-7,12,17H,3-5,8-11H2,1-2H3. The number of nitrogens with one attached hydrogen (secondary N) is 1. The third-order valence-corrected chi connectivity index (χ3v) is 5.21. The normalized spacial score (nSPS) is 19.3. The zero-order chi connectivity index (χ0) is 13.0. The smallest absolute Gasteiger partial charge is 0.0931 e. The van der Waals surface area contributed by atoms with E-state index in [1.807, 2.05) is 6.07 Å². The second-order valence-corrected chi connectivity index (χ2v) is 7.78. The maximum Gasteiger partial charge on any atom is 0.0931 e. The molecule has 1 fully saturated rings. The maximum absolute atomic E-state index is 6.05. The summed E-state index contributed by atoms with van der Waals surface area (Å²) in [5, 5.41) is 3.65. The summed E-state index contributed by atoms with van der Waals surface area (Å²) in [5.41, 5.74) is 0.469. The number of halogens is 1. The highest BCUT2D eigenvalue weighted by atomic mass is 35.5. The Bertz CT molecular complexity index is 366. The molecule has 0 spiro atoms. The summed E-state index contributed by atoms with van der Waals surface area (Å²) in [6, 6.07) is 4.82. The Morgan fingerprint density at radius 3 is 2.56 bits per heavy atom. The molecule has 2 rings (SSSR count). The van der Waals surface area contributed by atoms with E-state index in [4.69, 9.17) is 11.6 Å². The fourth-order valence-corrected chi connectivity index (χ4v) is 4.22. The van der Waals surface area contributed by atoms with E-state index in [1.54, 1.807) is 11.3 Å². The lowest BCUT2D eigenvalue weighted by molar-refractivity contribution is 0.178. The van der Waals surface area contributed by atoms with Crippen LogP contribution in [0.2, 0.25) is 4.34 Å². The third kappa shape index (κ3) is 3.97. The minimum Gasteiger partial charge on any atom is -0.314 e. The van der Waals surface area contributed by atoms with Crippen molar-refractivity contribution in [3.8, 4) is 0 Å². The van der Waals surface area contributed by atoms with Crippen molar-refractivity contribution in [3.63, 3.8) is 0 Å². The van der Waals surface area contributed by atoms with Gasteiger partial charge in [0.1, 0.15) is 0 Å². The summed E-state index contributed by atoms with van der Waals surface area (Å²) in [7, 11) is 0. The Morgan fingerprint density at radius 2 is 2.00 bits per heavy atom. The highest BCUT2D eigenvalue weighted by Crippen LogP contribution is 2.40. The molecule has 0 atom stereocenters. The first-order valence-electron chi connectivity index (χ1n) is 7.07. The fraction of sp³-hybridized carbons (Fsp3) is 0.733. The molecule has 18 heavy (non-hydrogen) atoms. The van der Waals surface area contributed by atoms with Gasteiger partial charge in [-0.2, -0.15) is 0 Å². The monoisotopic (exact) mass is 285 g/mol. The highest BCUT2D eigenvalue weighted by molar-refractivity contribution is 7.16. The van der Waals surface area contributed by atoms with E-state index in [2.05, 4.69) is 25.2 Å². The zero-order valence-electron chi connectivity index (χ0n) is 11.5. The van der Waals surface area contributed by atoms with Crippen LogP contribution in [0.25, 0.3) is 0 Å². The molecular formula is C15H24ClNS. The van der Waals surface area contributed by atoms with Gasteiger partial charge in [-0.05, 0) is 36.8 Å². The largest absolute Gasteiger partial charge is 0.314 e. The molecule has 1 nitrogen and oxygen atoms in total. The first-order valence-corrected chi connectivity index (χ1v) is 8.27. The minimum absolute atomic E-state index is 0.469. The summed E-state index contributed by atoms with van der Waals surface area (Å²) in [4.78, 5) is 1.45. The summed E-state index contributed by atoms with van der Waals surface area (Å²) in [5.74, 6) is 0. The fourth-order valence-electron chi connectivity index (χ4n) is 2.95. The molecule has 0 amide bonds. The van der Waals surface area contributed by atoms with E-state index in [0.29, 0.717) is 11.5 Å². The summed E-state index contributed by atoms with van der Waals surface area (Å²) in [6.45, 7) is 5.62. The van der Waals surface area contributed by atoms with Gasteiger partial charge in [-0.3, -0.25) is 0 Å². The van der Waals surface area contributed by atoms with Crippen LogP contribution in [0, 0.1) is 5.41 Å². The predicted molar refractivity (Wildman–Crippen MR) is 81.7 cm³/mol. The summed E-state index contributed by atoms with van der Waals surface area (Å²) >= 11 is 7.81. The van der Waals surface area contributed by atoms with Crippen molar-refractivity contribution in [1.82, 2.24) is 5.32 Å². The number of rotatable bonds is 5. The summed E-state index contributed by atoms with van der Waals surface area (Å²) in [6.07, 6.45) is 8.11. The molecule has 1 N–H and O–H groups in total. The average molecular weight is 286 g/mol. The molecule has 1 aromatic rings. The molecule has 0 bridgehead atoms. The molecule has 1 aliphatic carbocycles. The van der Waals surface area contributed by atoms with Crippen LogP contribution in [-0.2, 0) is 6.42 Å². The molecule has 102 valence electrons. The van der Waals surface area contributed by atoms with E-state index in [9.17, 15) is 0 Å². The van der Waals surface area contributed by atoms with E-state index in [-0.39, 0.29) is 0 Å². The van der Waals surface area contributed by atoms with Crippen LogP contribution in [0.4, 0.5) is 0 Å².